The number of fused-ring (bicyclic) bond motifs is 1. The van der Waals surface area contributed by atoms with Gasteiger partial charge >= 0.3 is 0 Å². The molecule has 0 saturated carbocycles. The second-order valence-electron chi connectivity index (χ2n) is 5.50. The van der Waals surface area contributed by atoms with Gasteiger partial charge in [0.25, 0.3) is 11.6 Å². The molecule has 2 N–H and O–H groups in total. The van der Waals surface area contributed by atoms with Crippen LogP contribution in [0.3, 0.4) is 0 Å². The third-order valence-electron chi connectivity index (χ3n) is 3.53. The van der Waals surface area contributed by atoms with Crippen LogP contribution in [0.2, 0.25) is 5.02 Å². The number of aromatic nitrogens is 2. The number of nitrogens with one attached hydrogen (secondary N) is 2. The third-order valence-corrected chi connectivity index (χ3v) is 3.78. The number of carbonyl (C=O) groups excluding carboxylic acids is 2. The molecule has 0 aliphatic heterocycles. The van der Waals surface area contributed by atoms with E-state index in [4.69, 9.17) is 16.1 Å². The van der Waals surface area contributed by atoms with Gasteiger partial charge in [0.15, 0.2) is 0 Å². The highest BCUT2D eigenvalue weighted by Gasteiger charge is 2.18. The van der Waals surface area contributed by atoms with Crippen molar-refractivity contribution in [2.75, 3.05) is 11.9 Å². The van der Waals surface area contributed by atoms with Crippen molar-refractivity contribution in [3.05, 3.63) is 52.3 Å². The van der Waals surface area contributed by atoms with Crippen molar-refractivity contribution in [2.24, 2.45) is 0 Å². The van der Waals surface area contributed by atoms with E-state index in [1.54, 1.807) is 44.2 Å². The van der Waals surface area contributed by atoms with Crippen LogP contribution in [0.25, 0.3) is 11.1 Å². The average Bonchev–Trinajstić information content (AvgIpc) is 2.95. The molecule has 0 atom stereocenters. The van der Waals surface area contributed by atoms with Gasteiger partial charge in [-0.15, -0.1) is 0 Å². The summed E-state index contributed by atoms with van der Waals surface area (Å²) in [4.78, 5) is 28.6. The molecule has 0 radical (unpaired) electrons. The van der Waals surface area contributed by atoms with Crippen LogP contribution in [-0.4, -0.2) is 28.5 Å². The second-order valence-corrected chi connectivity index (χ2v) is 5.93. The highest BCUT2D eigenvalue weighted by Crippen LogP contribution is 2.21. The Bertz CT molecular complexity index is 950. The van der Waals surface area contributed by atoms with E-state index < -0.39 is 5.91 Å². The molecule has 2 amide bonds. The summed E-state index contributed by atoms with van der Waals surface area (Å²) in [5.41, 5.74) is 2.46. The summed E-state index contributed by atoms with van der Waals surface area (Å²) >= 11 is 5.80. The number of anilines is 1. The molecule has 3 aromatic rings. The maximum atomic E-state index is 12.5. The molecule has 2 aromatic heterocycles. The van der Waals surface area contributed by atoms with Gasteiger partial charge in [-0.25, -0.2) is 4.98 Å². The summed E-state index contributed by atoms with van der Waals surface area (Å²) in [5.74, 6) is -0.743. The molecule has 2 heterocycles. The molecule has 1 aromatic carbocycles. The molecule has 0 spiro atoms. The Morgan fingerprint density at radius 3 is 2.64 bits per heavy atom. The van der Waals surface area contributed by atoms with Gasteiger partial charge in [0.1, 0.15) is 0 Å². The number of nitrogens with zero attached hydrogens (tertiary/aromatic N) is 2. The monoisotopic (exact) mass is 358 g/mol. The maximum absolute atomic E-state index is 12.5. The number of hydrogen-bond donors (Lipinski definition) is 2. The quantitative estimate of drug-likeness (QED) is 0.747. The Labute approximate surface area is 148 Å². The van der Waals surface area contributed by atoms with Gasteiger partial charge < -0.3 is 15.2 Å². The number of halogens is 1. The lowest BCUT2D eigenvalue weighted by Gasteiger charge is -2.08. The van der Waals surface area contributed by atoms with E-state index in [9.17, 15) is 9.59 Å². The molecule has 0 saturated heterocycles. The molecular formula is C17H15ClN4O3. The van der Waals surface area contributed by atoms with Crippen LogP contribution in [0.5, 0.6) is 0 Å². The number of aryl methyl sites for hydroxylation is 2. The van der Waals surface area contributed by atoms with E-state index in [2.05, 4.69) is 20.8 Å². The van der Waals surface area contributed by atoms with Crippen molar-refractivity contribution in [1.29, 1.82) is 0 Å². The Balaban J connectivity index is 1.69. The third kappa shape index (κ3) is 3.77. The fourth-order valence-corrected chi connectivity index (χ4v) is 2.52. The van der Waals surface area contributed by atoms with Crippen LogP contribution in [0.15, 0.2) is 34.9 Å². The predicted octanol–water partition coefficient (Wildman–Crippen LogP) is 2.86. The summed E-state index contributed by atoms with van der Waals surface area (Å²) in [5, 5.41) is 10.2. The largest absolute Gasteiger partial charge is 0.343 e. The highest BCUT2D eigenvalue weighted by atomic mass is 35.5. The molecule has 8 heteroatoms. The topological polar surface area (TPSA) is 97.1 Å². The SMILES string of the molecule is Cc1cc(C(=O)NCC(=O)Nc2ccc(Cl)cc2)c2c(C)noc2n1. The Hall–Kier alpha value is -2.93. The summed E-state index contributed by atoms with van der Waals surface area (Å²) in [6, 6.07) is 8.33. The summed E-state index contributed by atoms with van der Waals surface area (Å²) in [7, 11) is 0. The van der Waals surface area contributed by atoms with E-state index in [1.165, 1.54) is 0 Å². The van der Waals surface area contributed by atoms with Gasteiger partial charge in [0.2, 0.25) is 5.91 Å². The number of amides is 2. The smallest absolute Gasteiger partial charge is 0.258 e. The first-order valence-corrected chi connectivity index (χ1v) is 7.89. The molecule has 3 rings (SSSR count). The predicted molar refractivity (Wildman–Crippen MR) is 93.7 cm³/mol. The van der Waals surface area contributed by atoms with Gasteiger partial charge in [0.05, 0.1) is 23.2 Å². The van der Waals surface area contributed by atoms with Crippen LogP contribution >= 0.6 is 11.6 Å². The highest BCUT2D eigenvalue weighted by molar-refractivity contribution is 6.30. The lowest BCUT2D eigenvalue weighted by atomic mass is 10.1. The molecule has 7 nitrogen and oxygen atoms in total. The van der Waals surface area contributed by atoms with Crippen molar-refractivity contribution >= 4 is 40.2 Å². The molecule has 25 heavy (non-hydrogen) atoms. The summed E-state index contributed by atoms with van der Waals surface area (Å²) in [6.45, 7) is 3.31. The zero-order chi connectivity index (χ0) is 18.0. The Morgan fingerprint density at radius 2 is 1.92 bits per heavy atom. The minimum absolute atomic E-state index is 0.172. The first-order chi connectivity index (χ1) is 11.9. The van der Waals surface area contributed by atoms with Crippen molar-refractivity contribution in [1.82, 2.24) is 15.5 Å². The summed E-state index contributed by atoms with van der Waals surface area (Å²) < 4.78 is 5.10. The minimum atomic E-state index is -0.395. The minimum Gasteiger partial charge on any atom is -0.343 e. The van der Waals surface area contributed by atoms with Crippen LogP contribution < -0.4 is 10.6 Å². The molecule has 0 aliphatic rings. The normalized spacial score (nSPS) is 10.7. The van der Waals surface area contributed by atoms with Crippen LogP contribution in [0, 0.1) is 13.8 Å². The fourth-order valence-electron chi connectivity index (χ4n) is 2.39. The number of rotatable bonds is 4. The molecule has 0 unspecified atom stereocenters. The number of hydrogen-bond acceptors (Lipinski definition) is 5. The van der Waals surface area contributed by atoms with Crippen LogP contribution in [0.4, 0.5) is 5.69 Å². The van der Waals surface area contributed by atoms with E-state index in [1.807, 2.05) is 0 Å². The lowest BCUT2D eigenvalue weighted by molar-refractivity contribution is -0.115. The van der Waals surface area contributed by atoms with Crippen molar-refractivity contribution in [2.45, 2.75) is 13.8 Å². The zero-order valence-corrected chi connectivity index (χ0v) is 14.3. The van der Waals surface area contributed by atoms with Gasteiger partial charge in [-0.2, -0.15) is 0 Å². The van der Waals surface area contributed by atoms with Gasteiger partial charge in [0, 0.05) is 16.4 Å². The van der Waals surface area contributed by atoms with E-state index in [-0.39, 0.29) is 12.5 Å². The van der Waals surface area contributed by atoms with Crippen molar-refractivity contribution < 1.29 is 14.1 Å². The molecule has 128 valence electrons. The van der Waals surface area contributed by atoms with Crippen LogP contribution in [0.1, 0.15) is 21.7 Å². The lowest BCUT2D eigenvalue weighted by Crippen LogP contribution is -2.33. The number of pyridine rings is 1. The van der Waals surface area contributed by atoms with Gasteiger partial charge in [-0.05, 0) is 44.2 Å². The van der Waals surface area contributed by atoms with Gasteiger partial charge in [-0.3, -0.25) is 9.59 Å². The first kappa shape index (κ1) is 16.9. The average molecular weight is 359 g/mol. The van der Waals surface area contributed by atoms with Crippen LogP contribution in [-0.2, 0) is 4.79 Å². The van der Waals surface area contributed by atoms with E-state index in [0.29, 0.717) is 38.8 Å². The molecule has 0 fully saturated rings. The van der Waals surface area contributed by atoms with E-state index >= 15 is 0 Å². The Morgan fingerprint density at radius 1 is 1.20 bits per heavy atom. The first-order valence-electron chi connectivity index (χ1n) is 7.51. The molecule has 0 bridgehead atoms. The fraction of sp³-hybridized carbons (Fsp3) is 0.176. The zero-order valence-electron chi connectivity index (χ0n) is 13.6. The second kappa shape index (κ2) is 6.90. The maximum Gasteiger partial charge on any atom is 0.258 e. The number of carbonyl (C=O) groups is 2. The summed E-state index contributed by atoms with van der Waals surface area (Å²) in [6.07, 6.45) is 0. The van der Waals surface area contributed by atoms with Gasteiger partial charge in [-0.1, -0.05) is 16.8 Å². The van der Waals surface area contributed by atoms with Crippen molar-refractivity contribution in [3.8, 4) is 0 Å². The standard InChI is InChI=1S/C17H15ClN4O3/c1-9-7-13(15-10(2)22-25-17(15)20-9)16(24)19-8-14(23)21-12-5-3-11(18)4-6-12/h3-7H,8H2,1-2H3,(H,19,24)(H,21,23). The number of benzene rings is 1. The van der Waals surface area contributed by atoms with E-state index in [0.717, 1.165) is 0 Å². The molecular weight excluding hydrogens is 344 g/mol. The molecule has 0 aliphatic carbocycles. The Kier molecular flexibility index (Phi) is 4.67. The van der Waals surface area contributed by atoms with Crippen molar-refractivity contribution in [3.63, 3.8) is 0 Å².